The minimum Gasteiger partial charge on any atom is -0.392 e. The van der Waals surface area contributed by atoms with Gasteiger partial charge < -0.3 is 20.0 Å². The summed E-state index contributed by atoms with van der Waals surface area (Å²) in [5, 5.41) is 19.3. The van der Waals surface area contributed by atoms with Crippen LogP contribution in [0.1, 0.15) is 11.1 Å². The van der Waals surface area contributed by atoms with Gasteiger partial charge in [-0.1, -0.05) is 0 Å². The van der Waals surface area contributed by atoms with Crippen molar-refractivity contribution >= 4 is 5.82 Å². The molecule has 0 aliphatic carbocycles. The van der Waals surface area contributed by atoms with Gasteiger partial charge in [0.25, 0.3) is 0 Å². The Morgan fingerprint density at radius 1 is 1.59 bits per heavy atom. The first-order valence-electron chi connectivity index (χ1n) is 4.26. The van der Waals surface area contributed by atoms with Gasteiger partial charge in [0.2, 0.25) is 0 Å². The number of aromatic nitrogens is 1. The molecule has 1 N–H and O–H groups in total. The van der Waals surface area contributed by atoms with E-state index in [1.54, 1.807) is 0 Å². The lowest BCUT2D eigenvalue weighted by molar-refractivity contribution is -0.390. The summed E-state index contributed by atoms with van der Waals surface area (Å²) in [6.45, 7) is 0.562. The van der Waals surface area contributed by atoms with E-state index in [4.69, 9.17) is 5.11 Å². The average Bonchev–Trinajstić information content (AvgIpc) is 2.18. The molecule has 1 aromatic rings. The molecule has 0 saturated heterocycles. The van der Waals surface area contributed by atoms with Crippen LogP contribution in [0.2, 0.25) is 0 Å². The van der Waals surface area contributed by atoms with Gasteiger partial charge in [0.15, 0.2) is 0 Å². The maximum Gasteiger partial charge on any atom is 0.575 e. The molecular formula is C8H7F3N2O4. The van der Waals surface area contributed by atoms with Crippen LogP contribution in [0.15, 0.2) is 6.07 Å². The van der Waals surface area contributed by atoms with Crippen LogP contribution in [0.5, 0.6) is 5.88 Å². The number of nitro groups is 1. The number of rotatable bonds is 3. The number of hydrogen-bond donors (Lipinski definition) is 1. The summed E-state index contributed by atoms with van der Waals surface area (Å²) < 4.78 is 39.5. The van der Waals surface area contributed by atoms with Crippen LogP contribution in [0.3, 0.4) is 0 Å². The number of alkyl halides is 3. The Morgan fingerprint density at radius 3 is 2.59 bits per heavy atom. The summed E-state index contributed by atoms with van der Waals surface area (Å²) >= 11 is 0. The maximum absolute atomic E-state index is 12.0. The standard InChI is InChI=1S/C8H7F3N2O4/c1-4-5(3-14)2-6(13(15)16)12-7(4)17-8(9,10)11/h2,14H,3H2,1H3. The Hall–Kier alpha value is -1.90. The van der Waals surface area contributed by atoms with E-state index in [-0.39, 0.29) is 11.1 Å². The number of halogens is 3. The number of hydrogen-bond acceptors (Lipinski definition) is 5. The fourth-order valence-corrected chi connectivity index (χ4v) is 1.09. The van der Waals surface area contributed by atoms with Gasteiger partial charge in [0.05, 0.1) is 6.61 Å². The lowest BCUT2D eigenvalue weighted by Crippen LogP contribution is -2.19. The van der Waals surface area contributed by atoms with E-state index in [0.29, 0.717) is 0 Å². The van der Waals surface area contributed by atoms with Crippen LogP contribution in [0.4, 0.5) is 19.0 Å². The van der Waals surface area contributed by atoms with Crippen molar-refractivity contribution < 1.29 is 27.9 Å². The monoisotopic (exact) mass is 252 g/mol. The van der Waals surface area contributed by atoms with Crippen molar-refractivity contribution in [3.8, 4) is 5.88 Å². The minimum absolute atomic E-state index is 0.0500. The topological polar surface area (TPSA) is 85.5 Å². The highest BCUT2D eigenvalue weighted by Gasteiger charge is 2.35. The quantitative estimate of drug-likeness (QED) is 0.653. The molecule has 0 spiro atoms. The van der Waals surface area contributed by atoms with Gasteiger partial charge >= 0.3 is 18.1 Å². The smallest absolute Gasteiger partial charge is 0.392 e. The molecule has 0 atom stereocenters. The molecule has 0 fully saturated rings. The lowest BCUT2D eigenvalue weighted by atomic mass is 10.1. The Kier molecular flexibility index (Phi) is 3.51. The molecule has 0 unspecified atom stereocenters. The molecule has 6 nitrogen and oxygen atoms in total. The molecule has 0 aliphatic heterocycles. The van der Waals surface area contributed by atoms with Crippen LogP contribution in [-0.4, -0.2) is 21.4 Å². The largest absolute Gasteiger partial charge is 0.575 e. The van der Waals surface area contributed by atoms with Gasteiger partial charge in [0, 0.05) is 16.6 Å². The number of ether oxygens (including phenoxy) is 1. The first-order chi connectivity index (χ1) is 7.74. The second-order valence-electron chi connectivity index (χ2n) is 3.03. The van der Waals surface area contributed by atoms with E-state index in [2.05, 4.69) is 9.72 Å². The fraction of sp³-hybridized carbons (Fsp3) is 0.375. The Labute approximate surface area is 92.8 Å². The minimum atomic E-state index is -5.00. The van der Waals surface area contributed by atoms with Crippen molar-refractivity contribution in [3.63, 3.8) is 0 Å². The summed E-state index contributed by atoms with van der Waals surface area (Å²) in [4.78, 5) is 12.6. The zero-order valence-corrected chi connectivity index (χ0v) is 8.48. The average molecular weight is 252 g/mol. The van der Waals surface area contributed by atoms with Gasteiger partial charge in [-0.2, -0.15) is 0 Å². The van der Waals surface area contributed by atoms with Crippen LogP contribution >= 0.6 is 0 Å². The Morgan fingerprint density at radius 2 is 2.18 bits per heavy atom. The van der Waals surface area contributed by atoms with E-state index in [1.807, 2.05) is 0 Å². The van der Waals surface area contributed by atoms with E-state index in [9.17, 15) is 23.3 Å². The molecule has 0 aromatic carbocycles. The summed E-state index contributed by atoms with van der Waals surface area (Å²) in [5.74, 6) is -1.75. The van der Waals surface area contributed by atoms with Gasteiger partial charge in [0.1, 0.15) is 0 Å². The van der Waals surface area contributed by atoms with Gasteiger partial charge in [-0.05, 0) is 17.4 Å². The third kappa shape index (κ3) is 3.28. The lowest BCUT2D eigenvalue weighted by Gasteiger charge is -2.09. The number of nitrogens with zero attached hydrogens (tertiary/aromatic N) is 2. The predicted molar refractivity (Wildman–Crippen MR) is 48.2 cm³/mol. The van der Waals surface area contributed by atoms with Crippen LogP contribution in [0.25, 0.3) is 0 Å². The normalized spacial score (nSPS) is 11.4. The fourth-order valence-electron chi connectivity index (χ4n) is 1.09. The molecule has 17 heavy (non-hydrogen) atoms. The first-order valence-corrected chi connectivity index (χ1v) is 4.26. The van der Waals surface area contributed by atoms with E-state index in [0.717, 1.165) is 6.07 Å². The van der Waals surface area contributed by atoms with E-state index >= 15 is 0 Å². The van der Waals surface area contributed by atoms with E-state index < -0.39 is 29.6 Å². The molecular weight excluding hydrogens is 245 g/mol. The van der Waals surface area contributed by atoms with Crippen molar-refractivity contribution in [2.45, 2.75) is 19.9 Å². The highest BCUT2D eigenvalue weighted by atomic mass is 19.4. The number of aliphatic hydroxyl groups excluding tert-OH is 1. The molecule has 1 rings (SSSR count). The molecule has 94 valence electrons. The molecule has 0 bridgehead atoms. The van der Waals surface area contributed by atoms with Crippen molar-refractivity contribution in [1.82, 2.24) is 4.98 Å². The molecule has 0 aliphatic rings. The van der Waals surface area contributed by atoms with Crippen molar-refractivity contribution in [3.05, 3.63) is 27.3 Å². The highest BCUT2D eigenvalue weighted by Crippen LogP contribution is 2.28. The molecule has 1 heterocycles. The molecule has 0 amide bonds. The second kappa shape index (κ2) is 4.53. The first kappa shape index (κ1) is 13.2. The summed E-state index contributed by atoms with van der Waals surface area (Å²) in [7, 11) is 0. The molecule has 9 heteroatoms. The zero-order valence-electron chi connectivity index (χ0n) is 8.48. The Bertz CT molecular complexity index is 447. The molecule has 0 radical (unpaired) electrons. The second-order valence-corrected chi connectivity index (χ2v) is 3.03. The third-order valence-electron chi connectivity index (χ3n) is 1.89. The predicted octanol–water partition coefficient (Wildman–Crippen LogP) is 1.69. The van der Waals surface area contributed by atoms with Crippen LogP contribution < -0.4 is 4.74 Å². The third-order valence-corrected chi connectivity index (χ3v) is 1.89. The summed E-state index contributed by atoms with van der Waals surface area (Å²) in [5.41, 5.74) is -0.152. The molecule has 1 aromatic heterocycles. The number of pyridine rings is 1. The van der Waals surface area contributed by atoms with Gasteiger partial charge in [-0.25, -0.2) is 0 Å². The van der Waals surface area contributed by atoms with Crippen LogP contribution in [0, 0.1) is 17.0 Å². The van der Waals surface area contributed by atoms with Gasteiger partial charge in [-0.15, -0.1) is 13.2 Å². The van der Waals surface area contributed by atoms with Gasteiger partial charge in [-0.3, -0.25) is 0 Å². The van der Waals surface area contributed by atoms with Crippen molar-refractivity contribution in [2.24, 2.45) is 0 Å². The maximum atomic E-state index is 12.0. The summed E-state index contributed by atoms with van der Waals surface area (Å²) in [6.07, 6.45) is -5.00. The van der Waals surface area contributed by atoms with Crippen LogP contribution in [-0.2, 0) is 6.61 Å². The molecule has 0 saturated carbocycles. The van der Waals surface area contributed by atoms with E-state index in [1.165, 1.54) is 6.92 Å². The SMILES string of the molecule is Cc1c(CO)cc([N+](=O)[O-])nc1OC(F)(F)F. The summed E-state index contributed by atoms with van der Waals surface area (Å²) in [6, 6.07) is 0.887. The van der Waals surface area contributed by atoms with Crippen molar-refractivity contribution in [2.75, 3.05) is 0 Å². The highest BCUT2D eigenvalue weighted by molar-refractivity contribution is 5.40. The Balaban J connectivity index is 3.28. The van der Waals surface area contributed by atoms with Crippen molar-refractivity contribution in [1.29, 1.82) is 0 Å². The zero-order chi connectivity index (χ0) is 13.2. The number of aliphatic hydroxyl groups is 1.